The Kier molecular flexibility index (Phi) is 5.59. The van der Waals surface area contributed by atoms with Gasteiger partial charge >= 0.3 is 0 Å². The highest BCUT2D eigenvalue weighted by molar-refractivity contribution is 5.80. The van der Waals surface area contributed by atoms with Crippen LogP contribution in [0.25, 0.3) is 0 Å². The van der Waals surface area contributed by atoms with Crippen molar-refractivity contribution in [3.8, 4) is 5.88 Å². The highest BCUT2D eigenvalue weighted by Crippen LogP contribution is 2.20. The van der Waals surface area contributed by atoms with Crippen LogP contribution >= 0.6 is 0 Å². The number of ether oxygens (including phenoxy) is 1. The number of rotatable bonds is 6. The molecule has 1 aromatic heterocycles. The molecule has 2 heterocycles. The van der Waals surface area contributed by atoms with Gasteiger partial charge in [0, 0.05) is 32.6 Å². The molecular weight excluding hydrogens is 298 g/mol. The Balaban J connectivity index is 1.81. The normalized spacial score (nSPS) is 15.7. The average molecular weight is 323 g/mol. The maximum absolute atomic E-state index is 12.2. The standard InChI is InChI=1S/C15H25N5O3/c1-10-12(15(23-3)19(2)18-10)8-17-9-13(21)20-6-4-11(5-7-20)14(16)22/h11,17H,4-9H2,1-3H3,(H2,16,22). The third-order valence-electron chi connectivity index (χ3n) is 4.31. The summed E-state index contributed by atoms with van der Waals surface area (Å²) in [4.78, 5) is 25.1. The smallest absolute Gasteiger partial charge is 0.236 e. The van der Waals surface area contributed by atoms with Gasteiger partial charge in [0.15, 0.2) is 0 Å². The monoisotopic (exact) mass is 323 g/mol. The lowest BCUT2D eigenvalue weighted by molar-refractivity contribution is -0.134. The predicted octanol–water partition coefficient (Wildman–Crippen LogP) is -0.449. The number of carbonyl (C=O) groups excluding carboxylic acids is 2. The van der Waals surface area contributed by atoms with E-state index in [1.807, 2.05) is 14.0 Å². The van der Waals surface area contributed by atoms with Crippen LogP contribution in [0.2, 0.25) is 0 Å². The second-order valence-electron chi connectivity index (χ2n) is 5.86. The predicted molar refractivity (Wildman–Crippen MR) is 84.7 cm³/mol. The number of nitrogens with two attached hydrogens (primary N) is 1. The summed E-state index contributed by atoms with van der Waals surface area (Å²) in [6.07, 6.45) is 1.30. The molecule has 0 aliphatic carbocycles. The number of nitrogens with one attached hydrogen (secondary N) is 1. The summed E-state index contributed by atoms with van der Waals surface area (Å²) in [5.74, 6) is 0.363. The van der Waals surface area contributed by atoms with E-state index in [1.165, 1.54) is 0 Å². The molecule has 1 fully saturated rings. The molecule has 8 heteroatoms. The molecule has 3 N–H and O–H groups in total. The van der Waals surface area contributed by atoms with Crippen LogP contribution < -0.4 is 15.8 Å². The molecule has 1 aliphatic heterocycles. The van der Waals surface area contributed by atoms with E-state index in [1.54, 1.807) is 16.7 Å². The number of nitrogens with zero attached hydrogens (tertiary/aromatic N) is 3. The van der Waals surface area contributed by atoms with Gasteiger partial charge in [-0.3, -0.25) is 9.59 Å². The van der Waals surface area contributed by atoms with Crippen molar-refractivity contribution in [1.82, 2.24) is 20.0 Å². The summed E-state index contributed by atoms with van der Waals surface area (Å²) in [6.45, 7) is 3.85. The van der Waals surface area contributed by atoms with Crippen molar-refractivity contribution in [3.05, 3.63) is 11.3 Å². The fraction of sp³-hybridized carbons (Fsp3) is 0.667. The maximum Gasteiger partial charge on any atom is 0.236 e. The highest BCUT2D eigenvalue weighted by atomic mass is 16.5. The van der Waals surface area contributed by atoms with Crippen LogP contribution in [-0.2, 0) is 23.2 Å². The number of piperidine rings is 1. The number of amides is 2. The molecule has 0 radical (unpaired) electrons. The van der Waals surface area contributed by atoms with Gasteiger partial charge in [0.05, 0.1) is 24.9 Å². The number of carbonyl (C=O) groups is 2. The van der Waals surface area contributed by atoms with Crippen molar-refractivity contribution in [2.45, 2.75) is 26.3 Å². The van der Waals surface area contributed by atoms with Crippen LogP contribution in [0.15, 0.2) is 0 Å². The second-order valence-corrected chi connectivity index (χ2v) is 5.86. The van der Waals surface area contributed by atoms with E-state index >= 15 is 0 Å². The van der Waals surface area contributed by atoms with Crippen molar-refractivity contribution >= 4 is 11.8 Å². The minimum Gasteiger partial charge on any atom is -0.481 e. The van der Waals surface area contributed by atoms with Crippen molar-refractivity contribution in [1.29, 1.82) is 0 Å². The molecule has 1 aromatic rings. The van der Waals surface area contributed by atoms with Crippen LogP contribution in [0.3, 0.4) is 0 Å². The number of methoxy groups -OCH3 is 1. The average Bonchev–Trinajstić information content (AvgIpc) is 2.80. The molecule has 0 atom stereocenters. The van der Waals surface area contributed by atoms with Gasteiger partial charge in [-0.1, -0.05) is 0 Å². The molecule has 0 bridgehead atoms. The summed E-state index contributed by atoms with van der Waals surface area (Å²) in [7, 11) is 3.43. The lowest BCUT2D eigenvalue weighted by atomic mass is 9.96. The Hall–Kier alpha value is -2.09. The summed E-state index contributed by atoms with van der Waals surface area (Å²) in [5.41, 5.74) is 7.14. The molecule has 8 nitrogen and oxygen atoms in total. The first kappa shape index (κ1) is 17.3. The number of hydrogen-bond donors (Lipinski definition) is 2. The first-order chi connectivity index (χ1) is 10.9. The topological polar surface area (TPSA) is 102 Å². The number of hydrogen-bond acceptors (Lipinski definition) is 5. The van der Waals surface area contributed by atoms with Gasteiger partial charge in [0.2, 0.25) is 17.7 Å². The fourth-order valence-corrected chi connectivity index (χ4v) is 2.96. The fourth-order valence-electron chi connectivity index (χ4n) is 2.96. The van der Waals surface area contributed by atoms with Crippen molar-refractivity contribution in [2.75, 3.05) is 26.7 Å². The van der Waals surface area contributed by atoms with Gasteiger partial charge in [-0.15, -0.1) is 0 Å². The SMILES string of the molecule is COc1c(CNCC(=O)N2CCC(C(N)=O)CC2)c(C)nn1C. The molecule has 2 amide bonds. The van der Waals surface area contributed by atoms with Crippen molar-refractivity contribution in [3.63, 3.8) is 0 Å². The molecule has 1 saturated heterocycles. The summed E-state index contributed by atoms with van der Waals surface area (Å²) in [6, 6.07) is 0. The molecule has 0 unspecified atom stereocenters. The van der Waals surface area contributed by atoms with Crippen LogP contribution in [0.1, 0.15) is 24.1 Å². The van der Waals surface area contributed by atoms with Crippen molar-refractivity contribution < 1.29 is 14.3 Å². The lowest BCUT2D eigenvalue weighted by Gasteiger charge is -2.30. The Bertz CT molecular complexity index is 576. The number of aromatic nitrogens is 2. The Morgan fingerprint density at radius 1 is 1.39 bits per heavy atom. The van der Waals surface area contributed by atoms with Crippen LogP contribution in [0.5, 0.6) is 5.88 Å². The zero-order valence-electron chi connectivity index (χ0n) is 14.0. The molecule has 2 rings (SSSR count). The zero-order valence-corrected chi connectivity index (χ0v) is 14.0. The highest BCUT2D eigenvalue weighted by Gasteiger charge is 2.25. The van der Waals surface area contributed by atoms with Gasteiger partial charge in [-0.05, 0) is 19.8 Å². The van der Waals surface area contributed by atoms with E-state index in [2.05, 4.69) is 10.4 Å². The van der Waals surface area contributed by atoms with Gasteiger partial charge < -0.3 is 20.7 Å². The lowest BCUT2D eigenvalue weighted by Crippen LogP contribution is -2.44. The summed E-state index contributed by atoms with van der Waals surface area (Å²) in [5, 5.41) is 7.45. The Morgan fingerprint density at radius 2 is 2.04 bits per heavy atom. The van der Waals surface area contributed by atoms with Crippen LogP contribution in [0.4, 0.5) is 0 Å². The summed E-state index contributed by atoms with van der Waals surface area (Å²) < 4.78 is 7.01. The number of primary amides is 1. The summed E-state index contributed by atoms with van der Waals surface area (Å²) >= 11 is 0. The van der Waals surface area contributed by atoms with Crippen LogP contribution in [-0.4, -0.2) is 53.2 Å². The second kappa shape index (κ2) is 7.45. The molecule has 0 spiro atoms. The van der Waals surface area contributed by atoms with Gasteiger partial charge in [-0.2, -0.15) is 5.10 Å². The maximum atomic E-state index is 12.2. The number of aryl methyl sites for hydroxylation is 2. The molecule has 0 saturated carbocycles. The minimum absolute atomic E-state index is 0.0356. The van der Waals surface area contributed by atoms with Gasteiger partial charge in [0.1, 0.15) is 0 Å². The molecular formula is C15H25N5O3. The van der Waals surface area contributed by atoms with E-state index in [4.69, 9.17) is 10.5 Å². The van der Waals surface area contributed by atoms with E-state index in [9.17, 15) is 9.59 Å². The Labute approximate surface area is 135 Å². The third kappa shape index (κ3) is 4.01. The Morgan fingerprint density at radius 3 is 2.61 bits per heavy atom. The van der Waals surface area contributed by atoms with Crippen LogP contribution in [0, 0.1) is 12.8 Å². The first-order valence-corrected chi connectivity index (χ1v) is 7.78. The molecule has 0 aromatic carbocycles. The minimum atomic E-state index is -0.269. The van der Waals surface area contributed by atoms with Gasteiger partial charge in [0.25, 0.3) is 0 Å². The van der Waals surface area contributed by atoms with E-state index < -0.39 is 0 Å². The first-order valence-electron chi connectivity index (χ1n) is 7.78. The number of likely N-dealkylation sites (tertiary alicyclic amines) is 1. The molecule has 128 valence electrons. The van der Waals surface area contributed by atoms with Gasteiger partial charge in [-0.25, -0.2) is 4.68 Å². The third-order valence-corrected chi connectivity index (χ3v) is 4.31. The van der Waals surface area contributed by atoms with E-state index in [0.717, 1.165) is 11.3 Å². The van der Waals surface area contributed by atoms with E-state index in [0.29, 0.717) is 38.4 Å². The quantitative estimate of drug-likeness (QED) is 0.738. The van der Waals surface area contributed by atoms with E-state index in [-0.39, 0.29) is 24.3 Å². The van der Waals surface area contributed by atoms with Crippen molar-refractivity contribution in [2.24, 2.45) is 18.7 Å². The molecule has 1 aliphatic rings. The zero-order chi connectivity index (χ0) is 17.0. The molecule has 23 heavy (non-hydrogen) atoms. The largest absolute Gasteiger partial charge is 0.481 e.